The highest BCUT2D eigenvalue weighted by atomic mass is 79.9. The van der Waals surface area contributed by atoms with Gasteiger partial charge >= 0.3 is 6.09 Å². The first-order chi connectivity index (χ1) is 11.2. The Morgan fingerprint density at radius 1 is 1.25 bits per heavy atom. The zero-order valence-electron chi connectivity index (χ0n) is 13.6. The lowest BCUT2D eigenvalue weighted by atomic mass is 10.2. The number of rotatable bonds is 1. The lowest BCUT2D eigenvalue weighted by Gasteiger charge is -2.24. The third-order valence-corrected chi connectivity index (χ3v) is 6.27. The normalized spacial score (nSPS) is 18.4. The summed E-state index contributed by atoms with van der Waals surface area (Å²) in [5.74, 6) is 0. The largest absolute Gasteiger partial charge is 0.444 e. The molecule has 1 aliphatic rings. The van der Waals surface area contributed by atoms with Crippen molar-refractivity contribution in [3.8, 4) is 0 Å². The molecular formula is C16H18Br3N3O2. The molecule has 5 nitrogen and oxygen atoms in total. The maximum absolute atomic E-state index is 12.3. The van der Waals surface area contributed by atoms with Crippen LogP contribution in [0.2, 0.25) is 0 Å². The van der Waals surface area contributed by atoms with E-state index >= 15 is 0 Å². The van der Waals surface area contributed by atoms with Crippen molar-refractivity contribution in [2.75, 3.05) is 13.1 Å². The quantitative estimate of drug-likeness (QED) is 0.495. The van der Waals surface area contributed by atoms with Crippen molar-refractivity contribution in [2.45, 2.75) is 38.8 Å². The van der Waals surface area contributed by atoms with E-state index in [2.05, 4.69) is 57.3 Å². The van der Waals surface area contributed by atoms with Gasteiger partial charge in [0.2, 0.25) is 0 Å². The molecule has 1 atom stereocenters. The van der Waals surface area contributed by atoms with Gasteiger partial charge in [-0.25, -0.2) is 9.78 Å². The highest BCUT2D eigenvalue weighted by molar-refractivity contribution is 9.13. The second-order valence-electron chi connectivity index (χ2n) is 6.87. The molecule has 0 radical (unpaired) electrons. The Hall–Kier alpha value is -0.600. The van der Waals surface area contributed by atoms with Gasteiger partial charge in [0.15, 0.2) is 4.73 Å². The molecule has 1 aromatic carbocycles. The Kier molecular flexibility index (Phi) is 5.01. The van der Waals surface area contributed by atoms with Crippen molar-refractivity contribution in [1.82, 2.24) is 14.5 Å². The van der Waals surface area contributed by atoms with Crippen molar-refractivity contribution in [3.05, 3.63) is 25.8 Å². The van der Waals surface area contributed by atoms with Gasteiger partial charge in [-0.3, -0.25) is 0 Å². The van der Waals surface area contributed by atoms with Gasteiger partial charge in [-0.1, -0.05) is 0 Å². The fraction of sp³-hybridized carbons (Fsp3) is 0.500. The molecule has 0 bridgehead atoms. The van der Waals surface area contributed by atoms with Crippen LogP contribution in [0.1, 0.15) is 33.2 Å². The highest BCUT2D eigenvalue weighted by Gasteiger charge is 2.32. The molecule has 24 heavy (non-hydrogen) atoms. The Labute approximate surface area is 166 Å². The first-order valence-corrected chi connectivity index (χ1v) is 10.0. The third-order valence-electron chi connectivity index (χ3n) is 3.87. The summed E-state index contributed by atoms with van der Waals surface area (Å²) in [6.45, 7) is 6.95. The SMILES string of the molecule is CC(C)(C)OC(=O)N1CC[C@H](n2c(Br)nc3cc(Br)c(Br)cc32)C1. The highest BCUT2D eigenvalue weighted by Crippen LogP contribution is 2.35. The molecule has 0 aliphatic carbocycles. The zero-order chi connectivity index (χ0) is 17.6. The van der Waals surface area contributed by atoms with Crippen LogP contribution in [0.3, 0.4) is 0 Å². The predicted octanol–water partition coefficient (Wildman–Crippen LogP) is 5.51. The van der Waals surface area contributed by atoms with Crippen LogP contribution >= 0.6 is 47.8 Å². The van der Waals surface area contributed by atoms with E-state index in [9.17, 15) is 4.79 Å². The Balaban J connectivity index is 1.86. The number of fused-ring (bicyclic) bond motifs is 1. The number of nitrogens with zero attached hydrogens (tertiary/aromatic N) is 3. The van der Waals surface area contributed by atoms with E-state index in [1.54, 1.807) is 4.90 Å². The summed E-state index contributed by atoms with van der Waals surface area (Å²) >= 11 is 10.6. The van der Waals surface area contributed by atoms with Gasteiger partial charge in [0.05, 0.1) is 17.1 Å². The number of ether oxygens (including phenoxy) is 1. The molecule has 1 saturated heterocycles. The third kappa shape index (κ3) is 3.65. The van der Waals surface area contributed by atoms with E-state index in [1.165, 1.54) is 0 Å². The van der Waals surface area contributed by atoms with Crippen molar-refractivity contribution in [3.63, 3.8) is 0 Å². The fourth-order valence-electron chi connectivity index (χ4n) is 2.85. The zero-order valence-corrected chi connectivity index (χ0v) is 18.4. The van der Waals surface area contributed by atoms with Crippen LogP contribution in [-0.4, -0.2) is 39.2 Å². The number of halogens is 3. The number of likely N-dealkylation sites (tertiary alicyclic amines) is 1. The minimum atomic E-state index is -0.478. The van der Waals surface area contributed by atoms with Crippen LogP contribution < -0.4 is 0 Å². The van der Waals surface area contributed by atoms with Crippen molar-refractivity contribution in [2.24, 2.45) is 0 Å². The van der Waals surface area contributed by atoms with Crippen LogP contribution in [0.25, 0.3) is 11.0 Å². The van der Waals surface area contributed by atoms with Crippen molar-refractivity contribution in [1.29, 1.82) is 0 Å². The van der Waals surface area contributed by atoms with Crippen LogP contribution in [-0.2, 0) is 4.74 Å². The van der Waals surface area contributed by atoms with Gasteiger partial charge in [-0.15, -0.1) is 0 Å². The van der Waals surface area contributed by atoms with Crippen LogP contribution in [0, 0.1) is 0 Å². The van der Waals surface area contributed by atoms with Gasteiger partial charge < -0.3 is 14.2 Å². The first-order valence-electron chi connectivity index (χ1n) is 7.66. The summed E-state index contributed by atoms with van der Waals surface area (Å²) in [5, 5.41) is 0. The summed E-state index contributed by atoms with van der Waals surface area (Å²) in [4.78, 5) is 18.6. The number of carbonyl (C=O) groups excluding carboxylic acids is 1. The summed E-state index contributed by atoms with van der Waals surface area (Å²) < 4.78 is 10.3. The molecule has 0 spiro atoms. The lowest BCUT2D eigenvalue weighted by Crippen LogP contribution is -2.35. The van der Waals surface area contributed by atoms with E-state index in [0.717, 1.165) is 31.1 Å². The molecule has 3 rings (SSSR count). The minimum absolute atomic E-state index is 0.171. The topological polar surface area (TPSA) is 47.4 Å². The summed E-state index contributed by atoms with van der Waals surface area (Å²) in [5.41, 5.74) is 1.47. The number of carbonyl (C=O) groups is 1. The smallest absolute Gasteiger partial charge is 0.410 e. The summed E-state index contributed by atoms with van der Waals surface area (Å²) in [6, 6.07) is 4.21. The van der Waals surface area contributed by atoms with Gasteiger partial charge in [-0.2, -0.15) is 0 Å². The molecule has 1 fully saturated rings. The van der Waals surface area contributed by atoms with Crippen LogP contribution in [0.15, 0.2) is 25.8 Å². The van der Waals surface area contributed by atoms with Crippen molar-refractivity contribution >= 4 is 64.9 Å². The summed E-state index contributed by atoms with van der Waals surface area (Å²) in [6.07, 6.45) is 0.617. The van der Waals surface area contributed by atoms with Crippen LogP contribution in [0.4, 0.5) is 4.79 Å². The van der Waals surface area contributed by atoms with Gasteiger partial charge in [0, 0.05) is 22.0 Å². The van der Waals surface area contributed by atoms with E-state index in [1.807, 2.05) is 32.9 Å². The average molecular weight is 524 g/mol. The molecule has 2 heterocycles. The second kappa shape index (κ2) is 6.61. The molecule has 1 aliphatic heterocycles. The molecule has 0 unspecified atom stereocenters. The molecule has 1 amide bonds. The average Bonchev–Trinajstić information content (AvgIpc) is 3.02. The van der Waals surface area contributed by atoms with Crippen molar-refractivity contribution < 1.29 is 9.53 Å². The fourth-order valence-corrected chi connectivity index (χ4v) is 4.19. The molecular weight excluding hydrogens is 506 g/mol. The van der Waals surface area contributed by atoms with E-state index in [-0.39, 0.29) is 12.1 Å². The maximum Gasteiger partial charge on any atom is 0.410 e. The van der Waals surface area contributed by atoms with Gasteiger partial charge in [0.1, 0.15) is 5.60 Å². The first kappa shape index (κ1) is 18.2. The molecule has 2 aromatic rings. The Morgan fingerprint density at radius 2 is 1.92 bits per heavy atom. The number of imidazole rings is 1. The van der Waals surface area contributed by atoms with E-state index in [0.29, 0.717) is 13.1 Å². The molecule has 0 saturated carbocycles. The standard InChI is InChI=1S/C16H18Br3N3O2/c1-16(2,3)24-15(23)21-5-4-9(8-21)22-13-7-11(18)10(17)6-12(13)20-14(22)19/h6-7,9H,4-5,8H2,1-3H3/t9-/m0/s1. The molecule has 8 heteroatoms. The minimum Gasteiger partial charge on any atom is -0.444 e. The maximum atomic E-state index is 12.3. The number of hydrogen-bond acceptors (Lipinski definition) is 3. The lowest BCUT2D eigenvalue weighted by molar-refractivity contribution is 0.0289. The van der Waals surface area contributed by atoms with E-state index in [4.69, 9.17) is 4.74 Å². The predicted molar refractivity (Wildman–Crippen MR) is 104 cm³/mol. The monoisotopic (exact) mass is 521 g/mol. The van der Waals surface area contributed by atoms with Gasteiger partial charge in [0.25, 0.3) is 0 Å². The summed E-state index contributed by atoms with van der Waals surface area (Å²) in [7, 11) is 0. The number of aromatic nitrogens is 2. The number of hydrogen-bond donors (Lipinski definition) is 0. The second-order valence-corrected chi connectivity index (χ2v) is 9.29. The van der Waals surface area contributed by atoms with Gasteiger partial charge in [-0.05, 0) is 87.1 Å². The molecule has 130 valence electrons. The Morgan fingerprint density at radius 3 is 2.58 bits per heavy atom. The number of benzene rings is 1. The Bertz CT molecular complexity index is 798. The van der Waals surface area contributed by atoms with Crippen LogP contribution in [0.5, 0.6) is 0 Å². The number of amides is 1. The molecule has 0 N–H and O–H groups in total. The molecule has 1 aromatic heterocycles. The van der Waals surface area contributed by atoms with E-state index < -0.39 is 5.60 Å².